The molecule has 0 N–H and O–H groups in total. The van der Waals surface area contributed by atoms with E-state index in [4.69, 9.17) is 0 Å². The molecule has 0 aromatic rings. The minimum Gasteiger partial charge on any atom is -0.371 e. The van der Waals surface area contributed by atoms with Crippen LogP contribution < -0.4 is 0 Å². The molecule has 0 amide bonds. The van der Waals surface area contributed by atoms with Gasteiger partial charge >= 0.3 is 0 Å². The Kier molecular flexibility index (Phi) is 5.41. The van der Waals surface area contributed by atoms with Crippen molar-refractivity contribution in [1.82, 2.24) is 0 Å². The summed E-state index contributed by atoms with van der Waals surface area (Å²) < 4.78 is 27.1. The van der Waals surface area contributed by atoms with Gasteiger partial charge < -0.3 is 4.74 Å². The van der Waals surface area contributed by atoms with Crippen molar-refractivity contribution in [3.8, 4) is 0 Å². The van der Waals surface area contributed by atoms with Gasteiger partial charge in [0.2, 0.25) is 0 Å². The summed E-state index contributed by atoms with van der Waals surface area (Å²) in [6.45, 7) is 3.32. The van der Waals surface area contributed by atoms with E-state index in [1.165, 1.54) is 6.61 Å². The van der Waals surface area contributed by atoms with Crippen LogP contribution in [0.25, 0.3) is 0 Å². The first kappa shape index (κ1) is 8.56. The average molecular weight is 135 g/mol. The molecule has 0 fully saturated rings. The van der Waals surface area contributed by atoms with Gasteiger partial charge in [0.05, 0.1) is 13.2 Å². The zero-order valence-corrected chi connectivity index (χ0v) is 5.23. The van der Waals surface area contributed by atoms with Gasteiger partial charge in [-0.25, -0.2) is 0 Å². The van der Waals surface area contributed by atoms with Crippen LogP contribution in [0.4, 0.5) is 8.78 Å². The van der Waals surface area contributed by atoms with E-state index in [1.807, 2.05) is 6.92 Å². The minimum atomic E-state index is -1.69. The molecular formula is C6H9F2O. The second kappa shape index (κ2) is 5.69. The van der Waals surface area contributed by atoms with Crippen LogP contribution in [0.15, 0.2) is 12.2 Å². The topological polar surface area (TPSA) is 9.23 Å². The van der Waals surface area contributed by atoms with Gasteiger partial charge in [-0.3, -0.25) is 0 Å². The smallest absolute Gasteiger partial charge is 0.268 e. The Hall–Kier alpha value is -0.440. The van der Waals surface area contributed by atoms with Crippen molar-refractivity contribution in [2.45, 2.75) is 13.3 Å². The lowest BCUT2D eigenvalue weighted by molar-refractivity contribution is 0.222. The van der Waals surface area contributed by atoms with Crippen LogP contribution >= 0.6 is 0 Å². The summed E-state index contributed by atoms with van der Waals surface area (Å²) in [5, 5.41) is 0. The molecule has 0 aliphatic carbocycles. The quantitative estimate of drug-likeness (QED) is 0.537. The molecule has 0 aromatic carbocycles. The van der Waals surface area contributed by atoms with Crippen molar-refractivity contribution in [1.29, 1.82) is 0 Å². The predicted molar refractivity (Wildman–Crippen MR) is 30.8 cm³/mol. The van der Waals surface area contributed by atoms with Crippen molar-refractivity contribution in [3.05, 3.63) is 18.8 Å². The van der Waals surface area contributed by atoms with E-state index in [0.717, 1.165) is 12.5 Å². The van der Waals surface area contributed by atoms with Crippen LogP contribution in [0, 0.1) is 6.61 Å². The third-order valence-corrected chi connectivity index (χ3v) is 0.618. The molecule has 0 heterocycles. The van der Waals surface area contributed by atoms with Gasteiger partial charge in [0.1, 0.15) is 0 Å². The first-order chi connectivity index (χ1) is 4.27. The van der Waals surface area contributed by atoms with E-state index in [2.05, 4.69) is 4.74 Å². The number of rotatable bonds is 4. The fraction of sp³-hybridized carbons (Fsp3) is 0.500. The third kappa shape index (κ3) is 7.56. The molecule has 0 saturated heterocycles. The molecular weight excluding hydrogens is 126 g/mol. The molecule has 0 rings (SSSR count). The standard InChI is InChI=1S/C6H9F2O/c1-2-4-9-5-3-6(7)8/h3-4H,2,5H2,1H3. The maximum atomic E-state index is 11.2. The van der Waals surface area contributed by atoms with E-state index in [1.54, 1.807) is 0 Å². The molecule has 0 spiro atoms. The Morgan fingerprint density at radius 2 is 2.22 bits per heavy atom. The maximum Gasteiger partial charge on any atom is 0.268 e. The molecule has 1 nitrogen and oxygen atoms in total. The minimum absolute atomic E-state index is 0.0316. The summed E-state index contributed by atoms with van der Waals surface area (Å²) in [5.41, 5.74) is 0. The van der Waals surface area contributed by atoms with Crippen LogP contribution in [0.2, 0.25) is 0 Å². The van der Waals surface area contributed by atoms with Crippen LogP contribution in [0.1, 0.15) is 13.3 Å². The predicted octanol–water partition coefficient (Wildman–Crippen LogP) is 2.36. The number of halogens is 2. The van der Waals surface area contributed by atoms with Gasteiger partial charge in [-0.1, -0.05) is 6.92 Å². The monoisotopic (exact) mass is 135 g/mol. The lowest BCUT2D eigenvalue weighted by Gasteiger charge is -1.92. The SMILES string of the molecule is CC[CH]OCC=C(F)F. The van der Waals surface area contributed by atoms with Crippen molar-refractivity contribution in [2.24, 2.45) is 0 Å². The Morgan fingerprint density at radius 3 is 2.67 bits per heavy atom. The Labute approximate surface area is 53.3 Å². The van der Waals surface area contributed by atoms with Crippen LogP contribution in [-0.2, 0) is 4.74 Å². The molecule has 0 atom stereocenters. The Balaban J connectivity index is 3.00. The van der Waals surface area contributed by atoms with Gasteiger partial charge in [0.25, 0.3) is 6.08 Å². The maximum absolute atomic E-state index is 11.2. The second-order valence-electron chi connectivity index (χ2n) is 1.40. The molecule has 0 aliphatic rings. The first-order valence-electron chi connectivity index (χ1n) is 2.71. The Bertz CT molecular complexity index is 87.1. The molecule has 0 aliphatic heterocycles. The van der Waals surface area contributed by atoms with E-state index in [-0.39, 0.29) is 6.61 Å². The van der Waals surface area contributed by atoms with Gasteiger partial charge in [-0.2, -0.15) is 8.78 Å². The molecule has 53 valence electrons. The van der Waals surface area contributed by atoms with Crippen molar-refractivity contribution in [3.63, 3.8) is 0 Å². The fourth-order valence-corrected chi connectivity index (χ4v) is 0.297. The summed E-state index contributed by atoms with van der Waals surface area (Å²) in [4.78, 5) is 0. The van der Waals surface area contributed by atoms with Crippen LogP contribution in [-0.4, -0.2) is 6.61 Å². The Morgan fingerprint density at radius 1 is 1.56 bits per heavy atom. The van der Waals surface area contributed by atoms with Crippen LogP contribution in [0.3, 0.4) is 0 Å². The normalized spacial score (nSPS) is 9.22. The highest BCUT2D eigenvalue weighted by atomic mass is 19.3. The van der Waals surface area contributed by atoms with E-state index < -0.39 is 6.08 Å². The van der Waals surface area contributed by atoms with Gasteiger partial charge in [-0.05, 0) is 6.42 Å². The molecule has 0 unspecified atom stereocenters. The zero-order valence-electron chi connectivity index (χ0n) is 5.23. The summed E-state index contributed by atoms with van der Waals surface area (Å²) in [5.74, 6) is 0. The lowest BCUT2D eigenvalue weighted by Crippen LogP contribution is -1.85. The van der Waals surface area contributed by atoms with Crippen molar-refractivity contribution < 1.29 is 13.5 Å². The zero-order chi connectivity index (χ0) is 7.11. The highest BCUT2D eigenvalue weighted by Crippen LogP contribution is 1.96. The molecule has 3 heteroatoms. The van der Waals surface area contributed by atoms with Gasteiger partial charge in [0, 0.05) is 6.08 Å². The van der Waals surface area contributed by atoms with Gasteiger partial charge in [-0.15, -0.1) is 0 Å². The fourth-order valence-electron chi connectivity index (χ4n) is 0.297. The molecule has 1 radical (unpaired) electrons. The third-order valence-electron chi connectivity index (χ3n) is 0.618. The first-order valence-corrected chi connectivity index (χ1v) is 2.71. The molecule has 0 saturated carbocycles. The highest BCUT2D eigenvalue weighted by Gasteiger charge is 1.86. The van der Waals surface area contributed by atoms with Gasteiger partial charge in [0.15, 0.2) is 0 Å². The summed E-state index contributed by atoms with van der Waals surface area (Å²) in [6, 6.07) is 0. The lowest BCUT2D eigenvalue weighted by atomic mass is 10.5. The van der Waals surface area contributed by atoms with E-state index in [0.29, 0.717) is 0 Å². The largest absolute Gasteiger partial charge is 0.371 e. The van der Waals surface area contributed by atoms with Crippen molar-refractivity contribution in [2.75, 3.05) is 6.61 Å². The van der Waals surface area contributed by atoms with E-state index >= 15 is 0 Å². The van der Waals surface area contributed by atoms with E-state index in [9.17, 15) is 8.78 Å². The summed E-state index contributed by atoms with van der Waals surface area (Å²) >= 11 is 0. The average Bonchev–Trinajstić information content (AvgIpc) is 1.80. The number of hydrogen-bond acceptors (Lipinski definition) is 1. The summed E-state index contributed by atoms with van der Waals surface area (Å²) in [6.07, 6.45) is -0.229. The number of ether oxygens (including phenoxy) is 1. The molecule has 9 heavy (non-hydrogen) atoms. The highest BCUT2D eigenvalue weighted by molar-refractivity contribution is 4.79. The molecule has 0 aromatic heterocycles. The molecule has 0 bridgehead atoms. The van der Waals surface area contributed by atoms with Crippen LogP contribution in [0.5, 0.6) is 0 Å². The summed E-state index contributed by atoms with van der Waals surface area (Å²) in [7, 11) is 0. The second-order valence-corrected chi connectivity index (χ2v) is 1.40. The number of hydrogen-bond donors (Lipinski definition) is 0. The van der Waals surface area contributed by atoms with Crippen molar-refractivity contribution >= 4 is 0 Å².